The predicted octanol–water partition coefficient (Wildman–Crippen LogP) is 3.00. The summed E-state index contributed by atoms with van der Waals surface area (Å²) in [5.41, 5.74) is 2.43. The minimum atomic E-state index is -5.08. The maximum Gasteiger partial charge on any atom is 0.490 e. The number of carbonyl (C=O) groups is 2. The van der Waals surface area contributed by atoms with E-state index in [2.05, 4.69) is 19.5 Å². The molecule has 0 spiro atoms. The lowest BCUT2D eigenvalue weighted by atomic mass is 10.2. The van der Waals surface area contributed by atoms with Crippen LogP contribution in [0.2, 0.25) is 0 Å². The van der Waals surface area contributed by atoms with E-state index < -0.39 is 24.3 Å². The Hall–Kier alpha value is -3.82. The largest absolute Gasteiger partial charge is 0.490 e. The summed E-state index contributed by atoms with van der Waals surface area (Å²) in [7, 11) is 0. The van der Waals surface area contributed by atoms with Gasteiger partial charge in [-0.25, -0.2) is 14.6 Å². The second kappa shape index (κ2) is 11.5. The van der Waals surface area contributed by atoms with Gasteiger partial charge in [0.05, 0.1) is 37.5 Å². The Morgan fingerprint density at radius 3 is 2.14 bits per heavy atom. The number of hydrogen-bond donors (Lipinski definition) is 2. The smallest absolute Gasteiger partial charge is 0.475 e. The highest BCUT2D eigenvalue weighted by molar-refractivity contribution is 5.73. The molecule has 2 N–H and O–H groups in total. The molecular weight excluding hydrogens is 492 g/mol. The van der Waals surface area contributed by atoms with Gasteiger partial charge in [-0.05, 0) is 12.1 Å². The van der Waals surface area contributed by atoms with Crippen molar-refractivity contribution in [2.45, 2.75) is 38.5 Å². The van der Waals surface area contributed by atoms with Gasteiger partial charge in [0.25, 0.3) is 0 Å². The minimum Gasteiger partial charge on any atom is -0.475 e. The van der Waals surface area contributed by atoms with Crippen LogP contribution in [0.4, 0.5) is 26.3 Å². The van der Waals surface area contributed by atoms with Gasteiger partial charge in [0, 0.05) is 37.6 Å². The van der Waals surface area contributed by atoms with Crippen molar-refractivity contribution in [1.82, 2.24) is 24.2 Å². The molecule has 0 atom stereocenters. The topological polar surface area (TPSA) is 127 Å². The van der Waals surface area contributed by atoms with Crippen LogP contribution in [0.1, 0.15) is 17.1 Å². The molecule has 4 heterocycles. The number of halogens is 6. The molecule has 1 aliphatic heterocycles. The second-order valence-corrected chi connectivity index (χ2v) is 6.97. The molecule has 0 amide bonds. The minimum absolute atomic E-state index is 0.779. The maximum atomic E-state index is 10.6. The molecule has 35 heavy (non-hydrogen) atoms. The van der Waals surface area contributed by atoms with Crippen LogP contribution < -0.4 is 0 Å². The first-order valence-electron chi connectivity index (χ1n) is 9.61. The van der Waals surface area contributed by atoms with Gasteiger partial charge in [-0.2, -0.15) is 31.4 Å². The monoisotopic (exact) mass is 511 g/mol. The Bertz CT molecular complexity index is 1050. The van der Waals surface area contributed by atoms with E-state index in [0.29, 0.717) is 0 Å². The molecule has 4 rings (SSSR count). The Kier molecular flexibility index (Phi) is 9.05. The highest BCUT2D eigenvalue weighted by Crippen LogP contribution is 2.17. The van der Waals surface area contributed by atoms with Gasteiger partial charge in [-0.1, -0.05) is 0 Å². The van der Waals surface area contributed by atoms with Crippen LogP contribution in [0.15, 0.2) is 47.7 Å². The van der Waals surface area contributed by atoms with E-state index in [4.69, 9.17) is 24.2 Å². The summed E-state index contributed by atoms with van der Waals surface area (Å²) >= 11 is 0. The SMILES string of the molecule is O=C(O)C(F)(F)F.O=C(O)C(F)(F)F.c1cnn(Cc2cnc3n2CCN(Cc2ccoc2)C3)c1. The van der Waals surface area contributed by atoms with E-state index in [0.717, 1.165) is 38.5 Å². The van der Waals surface area contributed by atoms with Crippen LogP contribution in [0.25, 0.3) is 0 Å². The van der Waals surface area contributed by atoms with Crippen LogP contribution in [-0.4, -0.2) is 65.3 Å². The summed E-state index contributed by atoms with van der Waals surface area (Å²) in [6, 6.07) is 3.96. The number of carboxylic acids is 2. The van der Waals surface area contributed by atoms with E-state index >= 15 is 0 Å². The quantitative estimate of drug-likeness (QED) is 0.512. The first-order chi connectivity index (χ1) is 16.3. The molecule has 3 aromatic heterocycles. The van der Waals surface area contributed by atoms with Crippen LogP contribution >= 0.6 is 0 Å². The van der Waals surface area contributed by atoms with Gasteiger partial charge in [0.2, 0.25) is 0 Å². The highest BCUT2D eigenvalue weighted by atomic mass is 19.4. The molecule has 1 aliphatic rings. The van der Waals surface area contributed by atoms with Crippen molar-refractivity contribution in [2.75, 3.05) is 6.54 Å². The zero-order valence-corrected chi connectivity index (χ0v) is 17.7. The van der Waals surface area contributed by atoms with Crippen molar-refractivity contribution in [2.24, 2.45) is 0 Å². The summed E-state index contributed by atoms with van der Waals surface area (Å²) in [5, 5.41) is 18.5. The lowest BCUT2D eigenvalue weighted by molar-refractivity contribution is -0.193. The van der Waals surface area contributed by atoms with Crippen molar-refractivity contribution in [1.29, 1.82) is 0 Å². The fourth-order valence-corrected chi connectivity index (χ4v) is 2.84. The molecule has 10 nitrogen and oxygen atoms in total. The molecule has 0 aliphatic carbocycles. The second-order valence-electron chi connectivity index (χ2n) is 6.97. The van der Waals surface area contributed by atoms with Gasteiger partial charge >= 0.3 is 24.3 Å². The predicted molar refractivity (Wildman–Crippen MR) is 104 cm³/mol. The van der Waals surface area contributed by atoms with Gasteiger partial charge in [-0.3, -0.25) is 9.58 Å². The van der Waals surface area contributed by atoms with Crippen molar-refractivity contribution in [3.8, 4) is 0 Å². The molecule has 0 bridgehead atoms. The fraction of sp³-hybridized carbons (Fsp3) is 0.368. The number of carboxylic acid groups (broad SMARTS) is 2. The number of imidazole rings is 1. The van der Waals surface area contributed by atoms with Gasteiger partial charge < -0.3 is 19.2 Å². The van der Waals surface area contributed by atoms with E-state index in [-0.39, 0.29) is 0 Å². The van der Waals surface area contributed by atoms with Crippen LogP contribution in [0.3, 0.4) is 0 Å². The Morgan fingerprint density at radius 1 is 1.03 bits per heavy atom. The molecule has 192 valence electrons. The third-order valence-corrected chi connectivity index (χ3v) is 4.38. The summed E-state index contributed by atoms with van der Waals surface area (Å²) in [5.74, 6) is -4.38. The van der Waals surface area contributed by atoms with E-state index in [9.17, 15) is 26.3 Å². The van der Waals surface area contributed by atoms with E-state index in [1.165, 1.54) is 11.3 Å². The number of aliphatic carboxylic acids is 2. The summed E-state index contributed by atoms with van der Waals surface area (Å²) in [6.45, 7) is 4.58. The molecule has 0 saturated carbocycles. The summed E-state index contributed by atoms with van der Waals surface area (Å²) < 4.78 is 72.8. The molecule has 0 fully saturated rings. The number of fused-ring (bicyclic) bond motifs is 1. The molecule has 0 radical (unpaired) electrons. The number of hydrogen-bond acceptors (Lipinski definition) is 6. The number of rotatable bonds is 4. The average Bonchev–Trinajstić information content (AvgIpc) is 3.51. The fourth-order valence-electron chi connectivity index (χ4n) is 2.84. The number of furan rings is 1. The van der Waals surface area contributed by atoms with Crippen molar-refractivity contribution < 1.29 is 50.6 Å². The molecular formula is C19H19F6N5O5. The Balaban J connectivity index is 0.000000257. The lowest BCUT2D eigenvalue weighted by Crippen LogP contribution is -2.34. The lowest BCUT2D eigenvalue weighted by Gasteiger charge is -2.28. The van der Waals surface area contributed by atoms with E-state index in [1.807, 2.05) is 35.5 Å². The average molecular weight is 511 g/mol. The standard InChI is InChI=1S/C15H17N5O.2C2HF3O2/c1-3-17-19(4-1)10-14-8-16-15-11-18(5-6-20(14)15)9-13-2-7-21-12-13;2*3-2(4,5)1(6)7/h1-4,7-8,12H,5-6,9-11H2;2*(H,6,7). The van der Waals surface area contributed by atoms with Crippen LogP contribution in [0.5, 0.6) is 0 Å². The van der Waals surface area contributed by atoms with E-state index in [1.54, 1.807) is 12.5 Å². The zero-order valence-electron chi connectivity index (χ0n) is 17.7. The number of nitrogens with zero attached hydrogens (tertiary/aromatic N) is 5. The van der Waals surface area contributed by atoms with Gasteiger partial charge in [-0.15, -0.1) is 0 Å². The van der Waals surface area contributed by atoms with Crippen molar-refractivity contribution >= 4 is 11.9 Å². The maximum absolute atomic E-state index is 10.6. The number of aromatic nitrogens is 4. The Morgan fingerprint density at radius 2 is 1.66 bits per heavy atom. The van der Waals surface area contributed by atoms with Crippen LogP contribution in [-0.2, 0) is 35.8 Å². The molecule has 0 saturated heterocycles. The molecule has 16 heteroatoms. The molecule has 0 aromatic carbocycles. The summed E-state index contributed by atoms with van der Waals surface area (Å²) in [4.78, 5) is 24.8. The van der Waals surface area contributed by atoms with Crippen molar-refractivity contribution in [3.05, 3.63) is 60.3 Å². The van der Waals surface area contributed by atoms with Gasteiger partial charge in [0.1, 0.15) is 5.82 Å². The normalized spacial score (nSPS) is 13.7. The third kappa shape index (κ3) is 8.80. The van der Waals surface area contributed by atoms with Crippen molar-refractivity contribution in [3.63, 3.8) is 0 Å². The molecule has 0 unspecified atom stereocenters. The third-order valence-electron chi connectivity index (χ3n) is 4.38. The first kappa shape index (κ1) is 27.4. The molecule has 3 aromatic rings. The van der Waals surface area contributed by atoms with Gasteiger partial charge in [0.15, 0.2) is 0 Å². The Labute approximate surface area is 193 Å². The zero-order chi connectivity index (χ0) is 26.2. The first-order valence-corrected chi connectivity index (χ1v) is 9.61. The van der Waals surface area contributed by atoms with Crippen LogP contribution in [0, 0.1) is 0 Å². The highest BCUT2D eigenvalue weighted by Gasteiger charge is 2.38. The number of alkyl halides is 6. The summed E-state index contributed by atoms with van der Waals surface area (Å²) in [6.07, 6.45) is -0.876.